The summed E-state index contributed by atoms with van der Waals surface area (Å²) in [5.41, 5.74) is 9.20. The van der Waals surface area contributed by atoms with Gasteiger partial charge in [-0.3, -0.25) is 0 Å². The van der Waals surface area contributed by atoms with Gasteiger partial charge in [-0.05, 0) is 57.4 Å². The van der Waals surface area contributed by atoms with Gasteiger partial charge in [-0.15, -0.1) is 27.7 Å². The minimum Gasteiger partial charge on any atom is -0.133 e. The Bertz CT molecular complexity index is 783. The summed E-state index contributed by atoms with van der Waals surface area (Å²) >= 11 is 0. The molecule has 0 aliphatic rings. The van der Waals surface area contributed by atoms with Crippen LogP contribution in [-0.4, -0.2) is 0 Å². The predicted octanol–water partition coefficient (Wildman–Crippen LogP) is 6.15. The molecule has 0 spiro atoms. The van der Waals surface area contributed by atoms with Crippen LogP contribution in [-0.2, 0) is 18.5 Å². The monoisotopic (exact) mass is 368 g/mol. The lowest BCUT2D eigenvalue weighted by Gasteiger charge is -2.09. The van der Waals surface area contributed by atoms with Gasteiger partial charge in [0.05, 0.1) is 0 Å². The second-order valence-electron chi connectivity index (χ2n) is 5.92. The molecule has 0 aliphatic heterocycles. The van der Waals surface area contributed by atoms with Gasteiger partial charge in [0.25, 0.3) is 0 Å². The molecule has 0 aromatic heterocycles. The topological polar surface area (TPSA) is 0 Å². The molecule has 0 saturated heterocycles. The van der Waals surface area contributed by atoms with E-state index in [1.165, 1.54) is 38.9 Å². The quantitative estimate of drug-likeness (QED) is 0.474. The number of benzene rings is 3. The Hall–Kier alpha value is -1.05. The van der Waals surface area contributed by atoms with Crippen LogP contribution >= 0.6 is 27.7 Å². The first-order chi connectivity index (χ1) is 11.7. The summed E-state index contributed by atoms with van der Waals surface area (Å²) in [5.74, 6) is 0. The van der Waals surface area contributed by atoms with E-state index in [-0.39, 0.29) is 0 Å². The van der Waals surface area contributed by atoms with Crippen molar-refractivity contribution in [2.75, 3.05) is 0 Å². The SMILES string of the molecule is PCc1ccc(-c2ccc(-c3cc(CP)cc(CP)c3)cc2)cc1. The van der Waals surface area contributed by atoms with Gasteiger partial charge in [0, 0.05) is 0 Å². The van der Waals surface area contributed by atoms with E-state index in [0.29, 0.717) is 0 Å². The lowest BCUT2D eigenvalue weighted by atomic mass is 9.97. The zero-order valence-corrected chi connectivity index (χ0v) is 17.2. The van der Waals surface area contributed by atoms with Crippen LogP contribution in [0.15, 0.2) is 66.7 Å². The molecule has 0 amide bonds. The normalized spacial score (nSPS) is 10.8. The Kier molecular flexibility index (Phi) is 6.19. The molecule has 0 heterocycles. The maximum absolute atomic E-state index is 2.82. The number of hydrogen-bond acceptors (Lipinski definition) is 0. The van der Waals surface area contributed by atoms with Crippen LogP contribution in [0, 0.1) is 0 Å². The molecule has 3 aromatic rings. The summed E-state index contributed by atoms with van der Waals surface area (Å²) in [7, 11) is 8.41. The minimum atomic E-state index is 0.992. The van der Waals surface area contributed by atoms with Crippen molar-refractivity contribution >= 4 is 27.7 Å². The van der Waals surface area contributed by atoms with E-state index in [4.69, 9.17) is 0 Å². The smallest absolute Gasteiger partial charge is 0.0128 e. The van der Waals surface area contributed by atoms with Crippen LogP contribution in [0.3, 0.4) is 0 Å². The van der Waals surface area contributed by atoms with Gasteiger partial charge in [0.15, 0.2) is 0 Å². The zero-order chi connectivity index (χ0) is 16.9. The average Bonchev–Trinajstić information content (AvgIpc) is 2.67. The van der Waals surface area contributed by atoms with E-state index in [9.17, 15) is 0 Å². The van der Waals surface area contributed by atoms with Gasteiger partial charge in [-0.25, -0.2) is 0 Å². The molecule has 122 valence electrons. The van der Waals surface area contributed by atoms with Crippen LogP contribution in [0.4, 0.5) is 0 Å². The van der Waals surface area contributed by atoms with Crippen molar-refractivity contribution in [3.05, 3.63) is 83.4 Å². The largest absolute Gasteiger partial charge is 0.133 e. The van der Waals surface area contributed by atoms with Crippen molar-refractivity contribution in [1.82, 2.24) is 0 Å². The summed E-state index contributed by atoms with van der Waals surface area (Å²) in [6.07, 6.45) is 2.99. The molecular formula is C21H23P3. The molecule has 3 unspecified atom stereocenters. The van der Waals surface area contributed by atoms with Gasteiger partial charge >= 0.3 is 0 Å². The van der Waals surface area contributed by atoms with Crippen LogP contribution < -0.4 is 0 Å². The van der Waals surface area contributed by atoms with E-state index in [2.05, 4.69) is 94.4 Å². The van der Waals surface area contributed by atoms with Gasteiger partial charge in [-0.2, -0.15) is 0 Å². The third kappa shape index (κ3) is 4.13. The lowest BCUT2D eigenvalue weighted by Crippen LogP contribution is -1.87. The van der Waals surface area contributed by atoms with Crippen molar-refractivity contribution in [2.45, 2.75) is 18.5 Å². The maximum atomic E-state index is 2.82. The molecule has 0 fully saturated rings. The highest BCUT2D eigenvalue weighted by Crippen LogP contribution is 2.28. The first-order valence-electron chi connectivity index (χ1n) is 8.16. The Morgan fingerprint density at radius 1 is 0.417 bits per heavy atom. The highest BCUT2D eigenvalue weighted by Gasteiger charge is 2.04. The number of rotatable bonds is 5. The van der Waals surface area contributed by atoms with Crippen LogP contribution in [0.1, 0.15) is 16.7 Å². The molecule has 3 aromatic carbocycles. The fourth-order valence-corrected chi connectivity index (χ4v) is 3.60. The number of hydrogen-bond donors (Lipinski definition) is 0. The second kappa shape index (κ2) is 8.36. The summed E-state index contributed by atoms with van der Waals surface area (Å²) in [6.45, 7) is 0. The highest BCUT2D eigenvalue weighted by molar-refractivity contribution is 7.15. The van der Waals surface area contributed by atoms with Crippen molar-refractivity contribution in [1.29, 1.82) is 0 Å². The van der Waals surface area contributed by atoms with Gasteiger partial charge in [0.2, 0.25) is 0 Å². The molecule has 0 saturated carbocycles. The van der Waals surface area contributed by atoms with Crippen molar-refractivity contribution in [3.63, 3.8) is 0 Å². The molecule has 0 bridgehead atoms. The van der Waals surface area contributed by atoms with E-state index < -0.39 is 0 Å². The molecule has 3 atom stereocenters. The van der Waals surface area contributed by atoms with Gasteiger partial charge in [0.1, 0.15) is 0 Å². The maximum Gasteiger partial charge on any atom is -0.0128 e. The van der Waals surface area contributed by atoms with E-state index in [1.54, 1.807) is 0 Å². The fourth-order valence-electron chi connectivity index (χ4n) is 2.85. The summed E-state index contributed by atoms with van der Waals surface area (Å²) in [4.78, 5) is 0. The Balaban J connectivity index is 1.91. The molecular weight excluding hydrogens is 345 g/mol. The van der Waals surface area contributed by atoms with Crippen molar-refractivity contribution in [2.24, 2.45) is 0 Å². The van der Waals surface area contributed by atoms with Crippen molar-refractivity contribution in [3.8, 4) is 22.3 Å². The van der Waals surface area contributed by atoms with E-state index >= 15 is 0 Å². The standard InChI is InChI=1S/C21H23P3/c22-12-15-1-3-18(4-2-15)19-5-7-20(8-6-19)21-10-16(13-23)9-17(11-21)14-24/h1-11H,12-14,22-24H2. The third-order valence-electron chi connectivity index (χ3n) is 4.27. The van der Waals surface area contributed by atoms with Crippen LogP contribution in [0.5, 0.6) is 0 Å². The fraction of sp³-hybridized carbons (Fsp3) is 0.143. The van der Waals surface area contributed by atoms with Gasteiger partial charge < -0.3 is 0 Å². The highest BCUT2D eigenvalue weighted by atomic mass is 31.0. The Labute approximate surface area is 152 Å². The van der Waals surface area contributed by atoms with E-state index in [0.717, 1.165) is 18.5 Å². The van der Waals surface area contributed by atoms with Crippen LogP contribution in [0.2, 0.25) is 0 Å². The molecule has 0 radical (unpaired) electrons. The zero-order valence-electron chi connectivity index (χ0n) is 13.7. The summed E-state index contributed by atoms with van der Waals surface area (Å²) < 4.78 is 0. The summed E-state index contributed by atoms with van der Waals surface area (Å²) in [5, 5.41) is 0. The molecule has 0 nitrogen and oxygen atoms in total. The molecule has 24 heavy (non-hydrogen) atoms. The molecule has 3 rings (SSSR count). The lowest BCUT2D eigenvalue weighted by molar-refractivity contribution is 1.33. The second-order valence-corrected chi connectivity index (χ2v) is 7.15. The molecule has 0 N–H and O–H groups in total. The van der Waals surface area contributed by atoms with Crippen LogP contribution in [0.25, 0.3) is 22.3 Å². The third-order valence-corrected chi connectivity index (χ3v) is 5.68. The first kappa shape index (κ1) is 17.8. The average molecular weight is 368 g/mol. The first-order valence-corrected chi connectivity index (χ1v) is 10.6. The predicted molar refractivity (Wildman–Crippen MR) is 118 cm³/mol. The molecule has 3 heteroatoms. The summed E-state index contributed by atoms with van der Waals surface area (Å²) in [6, 6.07) is 24.6. The van der Waals surface area contributed by atoms with Crippen molar-refractivity contribution < 1.29 is 0 Å². The Morgan fingerprint density at radius 2 is 0.792 bits per heavy atom. The Morgan fingerprint density at radius 3 is 1.21 bits per heavy atom. The molecule has 0 aliphatic carbocycles. The minimum absolute atomic E-state index is 0.992. The van der Waals surface area contributed by atoms with E-state index in [1.807, 2.05) is 0 Å². The van der Waals surface area contributed by atoms with Gasteiger partial charge in [-0.1, -0.05) is 66.7 Å².